The lowest BCUT2D eigenvalue weighted by Gasteiger charge is -2.16. The lowest BCUT2D eigenvalue weighted by atomic mass is 10.2. The molecular formula is C6H13IN2O. The quantitative estimate of drug-likeness (QED) is 0.564. The highest BCUT2D eigenvalue weighted by Crippen LogP contribution is 2.13. The molecule has 0 aliphatic carbocycles. The van der Waals surface area contributed by atoms with Crippen molar-refractivity contribution in [1.29, 1.82) is 0 Å². The molecule has 0 bridgehead atoms. The van der Waals surface area contributed by atoms with Crippen LogP contribution in [0.15, 0.2) is 0 Å². The number of hydrogen-bond donors (Lipinski definition) is 2. The lowest BCUT2D eigenvalue weighted by Crippen LogP contribution is -2.39. The summed E-state index contributed by atoms with van der Waals surface area (Å²) in [5.74, 6) is 0. The maximum absolute atomic E-state index is 10.6. The van der Waals surface area contributed by atoms with Gasteiger partial charge in [0.05, 0.1) is 0 Å². The zero-order chi connectivity index (χ0) is 8.20. The van der Waals surface area contributed by atoms with E-state index < -0.39 is 0 Å². The fraction of sp³-hybridized carbons (Fsp3) is 0.833. The highest BCUT2D eigenvalue weighted by molar-refractivity contribution is 14.1. The predicted octanol–water partition coefficient (Wildman–Crippen LogP) is 1.13. The lowest BCUT2D eigenvalue weighted by molar-refractivity contribution is 0.242. The summed E-state index contributed by atoms with van der Waals surface area (Å²) < 4.78 is 0.129. The third kappa shape index (κ3) is 6.12. The van der Waals surface area contributed by atoms with Gasteiger partial charge in [-0.3, -0.25) is 0 Å². The molecule has 10 heavy (non-hydrogen) atoms. The van der Waals surface area contributed by atoms with E-state index in [2.05, 4.69) is 47.1 Å². The first-order valence-electron chi connectivity index (χ1n) is 3.10. The van der Waals surface area contributed by atoms with Gasteiger partial charge in [0.25, 0.3) is 0 Å². The Hall–Kier alpha value is 0. The monoisotopic (exact) mass is 256 g/mol. The van der Waals surface area contributed by atoms with Crippen LogP contribution in [0.2, 0.25) is 0 Å². The number of alkyl halides is 1. The van der Waals surface area contributed by atoms with Crippen LogP contribution in [-0.4, -0.2) is 23.0 Å². The average Bonchev–Trinajstić information content (AvgIpc) is 1.81. The zero-order valence-corrected chi connectivity index (χ0v) is 8.65. The molecule has 0 aromatic rings. The molecule has 0 fully saturated rings. The number of carbonyl (C=O) groups is 1. The van der Waals surface area contributed by atoms with Gasteiger partial charge in [0.1, 0.15) is 0 Å². The van der Waals surface area contributed by atoms with E-state index in [1.165, 1.54) is 0 Å². The summed E-state index contributed by atoms with van der Waals surface area (Å²) in [6.07, 6.45) is 0. The molecule has 2 N–H and O–H groups in total. The fourth-order valence-electron chi connectivity index (χ4n) is 0.379. The third-order valence-electron chi connectivity index (χ3n) is 0.896. The summed E-state index contributed by atoms with van der Waals surface area (Å²) in [6.45, 7) is 4.81. The van der Waals surface area contributed by atoms with E-state index >= 15 is 0 Å². The van der Waals surface area contributed by atoms with Crippen LogP contribution in [0, 0.1) is 0 Å². The number of nitrogens with one attached hydrogen (secondary N) is 2. The number of amides is 2. The SMILES string of the molecule is CNC(=O)NCC(C)(C)I. The number of hydrogen-bond acceptors (Lipinski definition) is 1. The van der Waals surface area contributed by atoms with Gasteiger partial charge in [-0.05, 0) is 13.8 Å². The molecule has 0 spiro atoms. The molecule has 2 amide bonds. The Morgan fingerprint density at radius 3 is 2.40 bits per heavy atom. The van der Waals surface area contributed by atoms with Crippen LogP contribution < -0.4 is 10.6 Å². The Balaban J connectivity index is 3.46. The van der Waals surface area contributed by atoms with Gasteiger partial charge in [0, 0.05) is 17.0 Å². The second-order valence-corrected chi connectivity index (χ2v) is 5.57. The van der Waals surface area contributed by atoms with Crippen molar-refractivity contribution in [3.8, 4) is 0 Å². The van der Waals surface area contributed by atoms with Crippen molar-refractivity contribution in [2.24, 2.45) is 0 Å². The van der Waals surface area contributed by atoms with Crippen molar-refractivity contribution in [3.05, 3.63) is 0 Å². The van der Waals surface area contributed by atoms with Gasteiger partial charge in [-0.1, -0.05) is 22.6 Å². The molecule has 0 aromatic heterocycles. The van der Waals surface area contributed by atoms with Crippen LogP contribution in [0.4, 0.5) is 4.79 Å². The Kier molecular flexibility index (Phi) is 4.00. The maximum Gasteiger partial charge on any atom is 0.314 e. The van der Waals surface area contributed by atoms with E-state index in [1.807, 2.05) is 0 Å². The van der Waals surface area contributed by atoms with Crippen LogP contribution in [0.25, 0.3) is 0 Å². The third-order valence-corrected chi connectivity index (χ3v) is 1.28. The molecule has 0 aliphatic heterocycles. The van der Waals surface area contributed by atoms with Gasteiger partial charge in [0.15, 0.2) is 0 Å². The van der Waals surface area contributed by atoms with Crippen LogP contribution in [0.5, 0.6) is 0 Å². The Morgan fingerprint density at radius 2 is 2.10 bits per heavy atom. The van der Waals surface area contributed by atoms with E-state index in [0.717, 1.165) is 0 Å². The Labute approximate surface area is 75.1 Å². The minimum Gasteiger partial charge on any atom is -0.341 e. The minimum atomic E-state index is -0.121. The van der Waals surface area contributed by atoms with E-state index in [-0.39, 0.29) is 9.45 Å². The highest BCUT2D eigenvalue weighted by Gasteiger charge is 2.12. The molecular weight excluding hydrogens is 243 g/mol. The number of urea groups is 1. The zero-order valence-electron chi connectivity index (χ0n) is 6.49. The van der Waals surface area contributed by atoms with Crippen molar-refractivity contribution in [3.63, 3.8) is 0 Å². The second kappa shape index (κ2) is 4.00. The molecule has 0 saturated carbocycles. The maximum atomic E-state index is 10.6. The van der Waals surface area contributed by atoms with Gasteiger partial charge in [-0.15, -0.1) is 0 Å². The summed E-state index contributed by atoms with van der Waals surface area (Å²) in [4.78, 5) is 10.6. The van der Waals surface area contributed by atoms with Crippen molar-refractivity contribution in [2.45, 2.75) is 17.3 Å². The van der Waals surface area contributed by atoms with Crippen molar-refractivity contribution in [1.82, 2.24) is 10.6 Å². The predicted molar refractivity (Wildman–Crippen MR) is 50.6 cm³/mol. The molecule has 60 valence electrons. The summed E-state index contributed by atoms with van der Waals surface area (Å²) in [6, 6.07) is -0.121. The molecule has 0 aromatic carbocycles. The van der Waals surface area contributed by atoms with E-state index in [9.17, 15) is 4.79 Å². The van der Waals surface area contributed by atoms with Gasteiger partial charge in [-0.2, -0.15) is 0 Å². The number of carbonyl (C=O) groups excluding carboxylic acids is 1. The molecule has 0 heterocycles. The topological polar surface area (TPSA) is 41.1 Å². The smallest absolute Gasteiger partial charge is 0.314 e. The summed E-state index contributed by atoms with van der Waals surface area (Å²) in [5.41, 5.74) is 0. The highest BCUT2D eigenvalue weighted by atomic mass is 127. The standard InChI is InChI=1S/C6H13IN2O/c1-6(2,7)4-9-5(10)8-3/h4H2,1-3H3,(H2,8,9,10). The molecule has 3 nitrogen and oxygen atoms in total. The van der Waals surface area contributed by atoms with Crippen molar-refractivity contribution < 1.29 is 4.79 Å². The summed E-state index contributed by atoms with van der Waals surface area (Å²) in [5, 5.41) is 5.20. The Bertz CT molecular complexity index is 119. The summed E-state index contributed by atoms with van der Waals surface area (Å²) >= 11 is 2.28. The van der Waals surface area contributed by atoms with Gasteiger partial charge in [0.2, 0.25) is 0 Å². The molecule has 0 saturated heterocycles. The molecule has 0 radical (unpaired) electrons. The minimum absolute atomic E-state index is 0.121. The van der Waals surface area contributed by atoms with E-state index in [1.54, 1.807) is 7.05 Å². The van der Waals surface area contributed by atoms with Gasteiger partial charge >= 0.3 is 6.03 Å². The molecule has 0 atom stereocenters. The van der Waals surface area contributed by atoms with Crippen LogP contribution in [0.3, 0.4) is 0 Å². The van der Waals surface area contributed by atoms with Crippen LogP contribution >= 0.6 is 22.6 Å². The van der Waals surface area contributed by atoms with E-state index in [4.69, 9.17) is 0 Å². The average molecular weight is 256 g/mol. The van der Waals surface area contributed by atoms with Crippen LogP contribution in [0.1, 0.15) is 13.8 Å². The summed E-state index contributed by atoms with van der Waals surface area (Å²) in [7, 11) is 1.61. The van der Waals surface area contributed by atoms with Gasteiger partial charge < -0.3 is 10.6 Å². The first-order valence-corrected chi connectivity index (χ1v) is 4.18. The van der Waals surface area contributed by atoms with E-state index in [0.29, 0.717) is 6.54 Å². The molecule has 0 aliphatic rings. The largest absolute Gasteiger partial charge is 0.341 e. The normalized spacial score (nSPS) is 10.8. The fourth-order valence-corrected chi connectivity index (χ4v) is 0.570. The van der Waals surface area contributed by atoms with Gasteiger partial charge in [-0.25, -0.2) is 4.79 Å². The molecule has 4 heteroatoms. The molecule has 0 rings (SSSR count). The molecule has 0 unspecified atom stereocenters. The Morgan fingerprint density at radius 1 is 1.60 bits per heavy atom. The first-order chi connectivity index (χ1) is 4.45. The first kappa shape index (κ1) is 10.0. The van der Waals surface area contributed by atoms with Crippen molar-refractivity contribution >= 4 is 28.6 Å². The number of halogens is 1. The second-order valence-electron chi connectivity index (χ2n) is 2.65. The van der Waals surface area contributed by atoms with Crippen LogP contribution in [-0.2, 0) is 0 Å². The number of rotatable bonds is 2. The van der Waals surface area contributed by atoms with Crippen molar-refractivity contribution in [2.75, 3.05) is 13.6 Å².